The van der Waals surface area contributed by atoms with Crippen molar-refractivity contribution in [3.05, 3.63) is 95.6 Å². The maximum Gasteiger partial charge on any atom is 0.419 e. The van der Waals surface area contributed by atoms with Crippen molar-refractivity contribution >= 4 is 12.1 Å². The average molecular weight is 355 g/mol. The first-order valence-corrected chi connectivity index (χ1v) is 8.95. The second-order valence-electron chi connectivity index (χ2n) is 6.90. The van der Waals surface area contributed by atoms with Gasteiger partial charge in [-0.1, -0.05) is 78.9 Å². The second kappa shape index (κ2) is 5.55. The number of rotatable bonds is 2. The Hall–Kier alpha value is -3.40. The lowest BCUT2D eigenvalue weighted by Crippen LogP contribution is -2.51. The Morgan fingerprint density at radius 1 is 0.778 bits per heavy atom. The van der Waals surface area contributed by atoms with Gasteiger partial charge in [-0.05, 0) is 34.7 Å². The summed E-state index contributed by atoms with van der Waals surface area (Å²) in [7, 11) is 0. The quantitative estimate of drug-likeness (QED) is 0.508. The molecular weight excluding hydrogens is 338 g/mol. The molecule has 4 nitrogen and oxygen atoms in total. The third-order valence-corrected chi connectivity index (χ3v) is 5.59. The molecule has 1 amide bonds. The highest BCUT2D eigenvalue weighted by atomic mass is 16.6. The van der Waals surface area contributed by atoms with Gasteiger partial charge in [0.15, 0.2) is 0 Å². The number of amides is 1. The lowest BCUT2D eigenvalue weighted by molar-refractivity contribution is -0.135. The van der Waals surface area contributed by atoms with Crippen LogP contribution in [0, 0.1) is 0 Å². The van der Waals surface area contributed by atoms with E-state index in [-0.39, 0.29) is 0 Å². The van der Waals surface area contributed by atoms with Gasteiger partial charge in [0, 0.05) is 0 Å². The fourth-order valence-electron chi connectivity index (χ4n) is 4.51. The van der Waals surface area contributed by atoms with Gasteiger partial charge in [0.2, 0.25) is 0 Å². The highest BCUT2D eigenvalue weighted by molar-refractivity contribution is 5.98. The largest absolute Gasteiger partial charge is 0.419 e. The van der Waals surface area contributed by atoms with Gasteiger partial charge in [-0.25, -0.2) is 9.59 Å². The SMILES string of the molecule is CC1C(=O)OC(=O)N1C1(c2ccccc2)c2ccccc2-c2ccccc21. The molecule has 1 atom stereocenters. The number of ether oxygens (including phenoxy) is 1. The summed E-state index contributed by atoms with van der Waals surface area (Å²) in [6.45, 7) is 1.72. The molecule has 1 fully saturated rings. The van der Waals surface area contributed by atoms with Crippen LogP contribution in [0.2, 0.25) is 0 Å². The molecule has 1 unspecified atom stereocenters. The number of hydrogen-bond acceptors (Lipinski definition) is 3. The molecule has 1 heterocycles. The molecule has 2 aliphatic rings. The molecule has 132 valence electrons. The molecule has 1 saturated heterocycles. The predicted octanol–water partition coefficient (Wildman–Crippen LogP) is 4.33. The van der Waals surface area contributed by atoms with Crippen LogP contribution in [0.15, 0.2) is 78.9 Å². The van der Waals surface area contributed by atoms with E-state index in [4.69, 9.17) is 4.74 Å². The predicted molar refractivity (Wildman–Crippen MR) is 101 cm³/mol. The molecule has 3 aromatic carbocycles. The van der Waals surface area contributed by atoms with Gasteiger partial charge >= 0.3 is 12.1 Å². The summed E-state index contributed by atoms with van der Waals surface area (Å²) in [6.07, 6.45) is -0.608. The minimum Gasteiger partial charge on any atom is -0.375 e. The number of nitrogens with zero attached hydrogens (tertiary/aromatic N) is 1. The summed E-state index contributed by atoms with van der Waals surface area (Å²) in [4.78, 5) is 26.7. The highest BCUT2D eigenvalue weighted by Gasteiger charge is 2.57. The van der Waals surface area contributed by atoms with Crippen LogP contribution in [0.25, 0.3) is 11.1 Å². The van der Waals surface area contributed by atoms with Crippen molar-refractivity contribution in [3.8, 4) is 11.1 Å². The molecule has 0 bridgehead atoms. The Bertz CT molecular complexity index is 1030. The summed E-state index contributed by atoms with van der Waals surface area (Å²) in [5.74, 6) is -0.517. The number of benzene rings is 3. The van der Waals surface area contributed by atoms with E-state index in [1.165, 1.54) is 0 Å². The number of esters is 1. The Morgan fingerprint density at radius 2 is 1.30 bits per heavy atom. The summed E-state index contributed by atoms with van der Waals surface area (Å²) < 4.78 is 5.02. The van der Waals surface area contributed by atoms with Crippen LogP contribution in [-0.4, -0.2) is 23.0 Å². The molecule has 0 spiro atoms. The molecule has 0 aromatic heterocycles. The molecule has 1 aliphatic carbocycles. The van der Waals surface area contributed by atoms with Gasteiger partial charge in [-0.2, -0.15) is 0 Å². The maximum absolute atomic E-state index is 12.9. The van der Waals surface area contributed by atoms with Crippen LogP contribution in [-0.2, 0) is 15.1 Å². The van der Waals surface area contributed by atoms with Crippen LogP contribution >= 0.6 is 0 Å². The minimum atomic E-state index is -0.906. The van der Waals surface area contributed by atoms with E-state index in [0.29, 0.717) is 0 Å². The monoisotopic (exact) mass is 355 g/mol. The van der Waals surface area contributed by atoms with E-state index in [9.17, 15) is 9.59 Å². The van der Waals surface area contributed by atoms with Gasteiger partial charge in [0.1, 0.15) is 11.6 Å². The molecule has 0 N–H and O–H groups in total. The Balaban J connectivity index is 1.94. The lowest BCUT2D eigenvalue weighted by Gasteiger charge is -2.41. The molecule has 1 aliphatic heterocycles. The Labute approximate surface area is 157 Å². The van der Waals surface area contributed by atoms with Crippen LogP contribution in [0.3, 0.4) is 0 Å². The fraction of sp³-hybridized carbons (Fsp3) is 0.130. The van der Waals surface area contributed by atoms with Crippen LogP contribution < -0.4 is 0 Å². The van der Waals surface area contributed by atoms with Crippen molar-refractivity contribution < 1.29 is 14.3 Å². The van der Waals surface area contributed by atoms with Crippen LogP contribution in [0.5, 0.6) is 0 Å². The number of cyclic esters (lactones) is 2. The molecule has 4 heteroatoms. The molecule has 3 aromatic rings. The van der Waals surface area contributed by atoms with E-state index in [0.717, 1.165) is 27.8 Å². The lowest BCUT2D eigenvalue weighted by atomic mass is 9.78. The van der Waals surface area contributed by atoms with E-state index in [1.807, 2.05) is 66.7 Å². The van der Waals surface area contributed by atoms with E-state index < -0.39 is 23.6 Å². The smallest absolute Gasteiger partial charge is 0.375 e. The fourth-order valence-corrected chi connectivity index (χ4v) is 4.51. The molecule has 5 rings (SSSR count). The molecule has 0 saturated carbocycles. The normalized spacial score (nSPS) is 19.6. The average Bonchev–Trinajstić information content (AvgIpc) is 3.14. The maximum atomic E-state index is 12.9. The van der Waals surface area contributed by atoms with Crippen molar-refractivity contribution in [3.63, 3.8) is 0 Å². The van der Waals surface area contributed by atoms with E-state index >= 15 is 0 Å². The number of fused-ring (bicyclic) bond motifs is 3. The number of carbonyl (C=O) groups is 2. The van der Waals surface area contributed by atoms with Crippen molar-refractivity contribution in [2.75, 3.05) is 0 Å². The summed E-state index contributed by atoms with van der Waals surface area (Å²) in [5, 5.41) is 0. The second-order valence-corrected chi connectivity index (χ2v) is 6.90. The van der Waals surface area contributed by atoms with E-state index in [2.05, 4.69) is 12.1 Å². The molecular formula is C23H17NO3. The first-order valence-electron chi connectivity index (χ1n) is 8.95. The van der Waals surface area contributed by atoms with E-state index in [1.54, 1.807) is 11.8 Å². The zero-order valence-electron chi connectivity index (χ0n) is 14.8. The van der Waals surface area contributed by atoms with Crippen molar-refractivity contribution in [2.24, 2.45) is 0 Å². The zero-order chi connectivity index (χ0) is 18.6. The van der Waals surface area contributed by atoms with Crippen LogP contribution in [0.1, 0.15) is 23.6 Å². The van der Waals surface area contributed by atoms with Crippen molar-refractivity contribution in [1.82, 2.24) is 4.90 Å². The van der Waals surface area contributed by atoms with Crippen molar-refractivity contribution in [1.29, 1.82) is 0 Å². The third kappa shape index (κ3) is 1.92. The zero-order valence-corrected chi connectivity index (χ0v) is 14.8. The van der Waals surface area contributed by atoms with Gasteiger partial charge in [-0.3, -0.25) is 4.90 Å². The molecule has 0 radical (unpaired) electrons. The first kappa shape index (κ1) is 15.8. The van der Waals surface area contributed by atoms with Gasteiger partial charge in [-0.15, -0.1) is 0 Å². The Morgan fingerprint density at radius 3 is 1.81 bits per heavy atom. The topological polar surface area (TPSA) is 46.6 Å². The van der Waals surface area contributed by atoms with Crippen LogP contribution in [0.4, 0.5) is 4.79 Å². The standard InChI is InChI=1S/C23H17NO3/c1-15-21(25)27-22(26)24(15)23(16-9-3-2-4-10-16)19-13-7-5-11-17(19)18-12-6-8-14-20(18)23/h2-15H,1H3. The number of carbonyl (C=O) groups excluding carboxylic acids is 2. The Kier molecular flexibility index (Phi) is 3.25. The number of hydrogen-bond donors (Lipinski definition) is 0. The third-order valence-electron chi connectivity index (χ3n) is 5.59. The molecule has 27 heavy (non-hydrogen) atoms. The minimum absolute atomic E-state index is 0.517. The summed E-state index contributed by atoms with van der Waals surface area (Å²) in [6, 6.07) is 25.3. The summed E-state index contributed by atoms with van der Waals surface area (Å²) >= 11 is 0. The van der Waals surface area contributed by atoms with Crippen molar-refractivity contribution in [2.45, 2.75) is 18.5 Å². The van der Waals surface area contributed by atoms with Gasteiger partial charge in [0.25, 0.3) is 0 Å². The van der Waals surface area contributed by atoms with Gasteiger partial charge < -0.3 is 4.74 Å². The first-order chi connectivity index (χ1) is 13.2. The summed E-state index contributed by atoms with van der Waals surface area (Å²) in [5.41, 5.74) is 4.12. The van der Waals surface area contributed by atoms with Gasteiger partial charge in [0.05, 0.1) is 0 Å². The highest BCUT2D eigenvalue weighted by Crippen LogP contribution is 2.55.